The Kier molecular flexibility index (Phi) is 11.7. The van der Waals surface area contributed by atoms with Crippen molar-refractivity contribution < 1.29 is 41.7 Å². The molecule has 0 spiro atoms. The number of aromatic nitrogens is 1. The molecule has 12 heteroatoms. The molecule has 9 nitrogen and oxygen atoms in total. The van der Waals surface area contributed by atoms with Gasteiger partial charge in [-0.15, -0.1) is 0 Å². The molecule has 0 unspecified atom stereocenters. The SMILES string of the molecule is COC(=O)C[C@H](O)C[C@@H](O)C=Cc1c(-c2ccc(F)cc2)c(-c2ccc(F)cc2)c(C(=O)Nc2ccc(CS(C)(=O)=O)cc2)n1C(C)C. The van der Waals surface area contributed by atoms with Crippen molar-refractivity contribution in [3.63, 3.8) is 0 Å². The van der Waals surface area contributed by atoms with Crippen LogP contribution in [-0.2, 0) is 25.1 Å². The average molecular weight is 681 g/mol. The van der Waals surface area contributed by atoms with Crippen LogP contribution in [0.25, 0.3) is 28.3 Å². The first-order chi connectivity index (χ1) is 22.7. The number of carbonyl (C=O) groups excluding carboxylic acids is 2. The smallest absolute Gasteiger partial charge is 0.308 e. The number of nitrogens with zero attached hydrogens (tertiary/aromatic N) is 1. The van der Waals surface area contributed by atoms with E-state index in [0.29, 0.717) is 39.2 Å². The minimum absolute atomic E-state index is 0.158. The molecule has 1 aromatic heterocycles. The number of aliphatic hydroxyl groups excluding tert-OH is 2. The van der Waals surface area contributed by atoms with Crippen molar-refractivity contribution in [1.29, 1.82) is 0 Å². The molecule has 1 amide bonds. The van der Waals surface area contributed by atoms with Gasteiger partial charge in [0.25, 0.3) is 5.91 Å². The van der Waals surface area contributed by atoms with Crippen LogP contribution in [0.15, 0.2) is 78.9 Å². The monoisotopic (exact) mass is 680 g/mol. The van der Waals surface area contributed by atoms with E-state index in [1.807, 2.05) is 13.8 Å². The van der Waals surface area contributed by atoms with Crippen molar-refractivity contribution >= 4 is 33.5 Å². The summed E-state index contributed by atoms with van der Waals surface area (Å²) in [5.74, 6) is -2.28. The number of hydrogen-bond acceptors (Lipinski definition) is 7. The molecule has 0 fully saturated rings. The van der Waals surface area contributed by atoms with Gasteiger partial charge in [-0.25, -0.2) is 17.2 Å². The second-order valence-electron chi connectivity index (χ2n) is 11.8. The fourth-order valence-electron chi connectivity index (χ4n) is 5.43. The summed E-state index contributed by atoms with van der Waals surface area (Å²) in [5.41, 5.74) is 3.55. The number of aliphatic hydroxyl groups is 2. The molecule has 48 heavy (non-hydrogen) atoms. The molecule has 0 aliphatic heterocycles. The summed E-state index contributed by atoms with van der Waals surface area (Å²) in [6.07, 6.45) is 1.31. The fourth-order valence-corrected chi connectivity index (χ4v) is 6.23. The summed E-state index contributed by atoms with van der Waals surface area (Å²) in [4.78, 5) is 25.9. The van der Waals surface area contributed by atoms with E-state index in [0.717, 1.165) is 6.26 Å². The zero-order valence-electron chi connectivity index (χ0n) is 27.0. The number of sulfone groups is 1. The van der Waals surface area contributed by atoms with Crippen LogP contribution < -0.4 is 5.32 Å². The van der Waals surface area contributed by atoms with Crippen LogP contribution in [0, 0.1) is 11.6 Å². The van der Waals surface area contributed by atoms with Crippen molar-refractivity contribution in [3.05, 3.63) is 107 Å². The van der Waals surface area contributed by atoms with E-state index < -0.39 is 45.6 Å². The zero-order chi connectivity index (χ0) is 35.2. The molecule has 254 valence electrons. The Morgan fingerprint density at radius 3 is 1.94 bits per heavy atom. The number of methoxy groups -OCH3 is 1. The Morgan fingerprint density at radius 1 is 0.896 bits per heavy atom. The molecule has 1 heterocycles. The van der Waals surface area contributed by atoms with Crippen molar-refractivity contribution in [2.45, 2.75) is 50.7 Å². The molecule has 0 saturated heterocycles. The van der Waals surface area contributed by atoms with Gasteiger partial charge in [-0.05, 0) is 73.0 Å². The van der Waals surface area contributed by atoms with Gasteiger partial charge in [-0.1, -0.05) is 42.5 Å². The highest BCUT2D eigenvalue weighted by Crippen LogP contribution is 2.43. The minimum Gasteiger partial charge on any atom is -0.469 e. The Hall–Kier alpha value is -4.65. The van der Waals surface area contributed by atoms with Crippen LogP contribution in [0.5, 0.6) is 0 Å². The predicted octanol–water partition coefficient (Wildman–Crippen LogP) is 6.17. The molecule has 0 radical (unpaired) electrons. The summed E-state index contributed by atoms with van der Waals surface area (Å²) in [6, 6.07) is 17.3. The lowest BCUT2D eigenvalue weighted by Crippen LogP contribution is -2.20. The lowest BCUT2D eigenvalue weighted by atomic mass is 9.94. The third-order valence-corrected chi connectivity index (χ3v) is 8.36. The third kappa shape index (κ3) is 9.24. The topological polar surface area (TPSA) is 135 Å². The van der Waals surface area contributed by atoms with Gasteiger partial charge in [-0.3, -0.25) is 9.59 Å². The molecule has 3 aromatic carbocycles. The van der Waals surface area contributed by atoms with Crippen LogP contribution in [0.4, 0.5) is 14.5 Å². The van der Waals surface area contributed by atoms with Crippen molar-refractivity contribution in [2.75, 3.05) is 18.7 Å². The quantitative estimate of drug-likeness (QED) is 0.144. The standard InChI is InChI=1S/C36H38F2N2O7S/c1-22(2)40-31(18-17-29(41)19-30(42)20-32(43)47-3)33(24-7-11-26(37)12-8-24)34(25-9-13-27(38)14-10-25)35(40)36(44)39-28-15-5-23(6-16-28)21-48(4,45)46/h5-18,22,29-30,41-42H,19-21H2,1-4H3,(H,39,44)/t29-,30+/m0/s1. The second-order valence-corrected chi connectivity index (χ2v) is 13.9. The Labute approximate surface area is 278 Å². The molecule has 3 N–H and O–H groups in total. The van der Waals surface area contributed by atoms with Crippen LogP contribution in [-0.4, -0.2) is 60.6 Å². The van der Waals surface area contributed by atoms with Gasteiger partial charge in [0.2, 0.25) is 0 Å². The van der Waals surface area contributed by atoms with Gasteiger partial charge in [0.05, 0.1) is 31.5 Å². The van der Waals surface area contributed by atoms with E-state index in [9.17, 15) is 37.0 Å². The molecule has 0 aliphatic carbocycles. The summed E-state index contributed by atoms with van der Waals surface area (Å²) < 4.78 is 58.1. The van der Waals surface area contributed by atoms with E-state index in [-0.39, 0.29) is 30.3 Å². The molecule has 4 rings (SSSR count). The average Bonchev–Trinajstić information content (AvgIpc) is 3.36. The first-order valence-electron chi connectivity index (χ1n) is 15.2. The van der Waals surface area contributed by atoms with Gasteiger partial charge in [-0.2, -0.15) is 0 Å². The van der Waals surface area contributed by atoms with E-state index in [4.69, 9.17) is 0 Å². The predicted molar refractivity (Wildman–Crippen MR) is 181 cm³/mol. The number of esters is 1. The molecule has 2 atom stereocenters. The number of ether oxygens (including phenoxy) is 1. The molecular weight excluding hydrogens is 642 g/mol. The van der Waals surface area contributed by atoms with Gasteiger partial charge < -0.3 is 24.8 Å². The molecular formula is C36H38F2N2O7S. The van der Waals surface area contributed by atoms with E-state index >= 15 is 0 Å². The van der Waals surface area contributed by atoms with Gasteiger partial charge >= 0.3 is 5.97 Å². The number of halogens is 2. The molecule has 4 aromatic rings. The number of benzene rings is 3. The maximum atomic E-state index is 14.3. The minimum atomic E-state index is -3.27. The normalized spacial score (nSPS) is 13.1. The second kappa shape index (κ2) is 15.5. The highest BCUT2D eigenvalue weighted by Gasteiger charge is 2.30. The van der Waals surface area contributed by atoms with Gasteiger partial charge in [0.1, 0.15) is 17.3 Å². The maximum Gasteiger partial charge on any atom is 0.308 e. The largest absolute Gasteiger partial charge is 0.469 e. The number of rotatable bonds is 13. The van der Waals surface area contributed by atoms with Crippen LogP contribution in [0.3, 0.4) is 0 Å². The summed E-state index contributed by atoms with van der Waals surface area (Å²) in [7, 11) is -2.07. The van der Waals surface area contributed by atoms with E-state index in [1.165, 1.54) is 49.6 Å². The number of anilines is 1. The van der Waals surface area contributed by atoms with E-state index in [1.54, 1.807) is 47.0 Å². The van der Waals surface area contributed by atoms with Crippen LogP contribution >= 0.6 is 0 Å². The Balaban J connectivity index is 1.91. The number of carbonyl (C=O) groups is 2. The lowest BCUT2D eigenvalue weighted by molar-refractivity contribution is -0.143. The first kappa shape index (κ1) is 36.2. The highest BCUT2D eigenvalue weighted by atomic mass is 32.2. The Bertz CT molecular complexity index is 1880. The maximum absolute atomic E-state index is 14.3. The third-order valence-electron chi connectivity index (χ3n) is 7.50. The van der Waals surface area contributed by atoms with Gasteiger partial charge in [0.15, 0.2) is 9.84 Å². The van der Waals surface area contributed by atoms with Gasteiger partial charge in [0, 0.05) is 41.2 Å². The Morgan fingerprint density at radius 2 is 1.44 bits per heavy atom. The molecule has 0 saturated carbocycles. The summed E-state index contributed by atoms with van der Waals surface area (Å²) in [5, 5.41) is 24.0. The van der Waals surface area contributed by atoms with Crippen LogP contribution in [0.1, 0.15) is 54.5 Å². The zero-order valence-corrected chi connectivity index (χ0v) is 27.8. The number of nitrogens with one attached hydrogen (secondary N) is 1. The van der Waals surface area contributed by atoms with E-state index in [2.05, 4.69) is 10.1 Å². The van der Waals surface area contributed by atoms with Crippen molar-refractivity contribution in [1.82, 2.24) is 4.57 Å². The lowest BCUT2D eigenvalue weighted by Gasteiger charge is -2.17. The summed E-state index contributed by atoms with van der Waals surface area (Å²) >= 11 is 0. The van der Waals surface area contributed by atoms with Crippen molar-refractivity contribution in [3.8, 4) is 22.3 Å². The fraction of sp³-hybridized carbons (Fsp3) is 0.278. The molecule has 0 aliphatic rings. The highest BCUT2D eigenvalue weighted by molar-refractivity contribution is 7.89. The number of amides is 1. The first-order valence-corrected chi connectivity index (χ1v) is 17.2. The van der Waals surface area contributed by atoms with Crippen molar-refractivity contribution in [2.24, 2.45) is 0 Å². The number of hydrogen-bond donors (Lipinski definition) is 3. The molecule has 0 bridgehead atoms. The summed E-state index contributed by atoms with van der Waals surface area (Å²) in [6.45, 7) is 3.71. The van der Waals surface area contributed by atoms with Crippen LogP contribution in [0.2, 0.25) is 0 Å².